The molecule has 2 aromatic rings. The smallest absolute Gasteiger partial charge is 0.227 e. The Morgan fingerprint density at radius 1 is 1.20 bits per heavy atom. The van der Waals surface area contributed by atoms with Crippen molar-refractivity contribution in [1.29, 1.82) is 0 Å². The number of ether oxygens (including phenoxy) is 1. The first-order valence-electron chi connectivity index (χ1n) is 6.08. The van der Waals surface area contributed by atoms with Crippen molar-refractivity contribution in [2.45, 2.75) is 6.42 Å². The van der Waals surface area contributed by atoms with Crippen molar-refractivity contribution in [2.75, 3.05) is 11.9 Å². The fourth-order valence-electron chi connectivity index (χ4n) is 1.58. The Labute approximate surface area is 131 Å². The minimum atomic E-state index is -0.107. The summed E-state index contributed by atoms with van der Waals surface area (Å²) in [5.74, 6) is 0.650. The maximum Gasteiger partial charge on any atom is 0.227 e. The van der Waals surface area contributed by atoms with Crippen LogP contribution in [0.2, 0.25) is 5.02 Å². The lowest BCUT2D eigenvalue weighted by molar-refractivity contribution is -0.116. The van der Waals surface area contributed by atoms with Crippen molar-refractivity contribution in [3.8, 4) is 5.75 Å². The first kappa shape index (κ1) is 14.9. The van der Waals surface area contributed by atoms with Crippen molar-refractivity contribution in [2.24, 2.45) is 0 Å². The number of hydrogen-bond acceptors (Lipinski definition) is 2. The fourth-order valence-corrected chi connectivity index (χ4v) is 2.36. The number of carbonyl (C=O) groups is 1. The summed E-state index contributed by atoms with van der Waals surface area (Å²) >= 11 is 9.19. The molecule has 20 heavy (non-hydrogen) atoms. The van der Waals surface area contributed by atoms with Crippen LogP contribution in [-0.2, 0) is 4.79 Å². The Bertz CT molecular complexity index is 590. The van der Waals surface area contributed by atoms with Crippen LogP contribution >= 0.6 is 27.5 Å². The molecule has 0 spiro atoms. The third-order valence-electron chi connectivity index (χ3n) is 2.55. The van der Waals surface area contributed by atoms with Gasteiger partial charge >= 0.3 is 0 Å². The minimum absolute atomic E-state index is 0.107. The molecule has 0 saturated carbocycles. The number of rotatable bonds is 5. The molecule has 1 N–H and O–H groups in total. The number of carbonyl (C=O) groups excluding carboxylic acids is 1. The first-order chi connectivity index (χ1) is 9.65. The number of para-hydroxylation sites is 1. The molecule has 0 atom stereocenters. The van der Waals surface area contributed by atoms with Gasteiger partial charge in [0.05, 0.1) is 18.7 Å². The Balaban J connectivity index is 1.81. The molecule has 1 amide bonds. The Kier molecular flexibility index (Phi) is 5.44. The van der Waals surface area contributed by atoms with Gasteiger partial charge in [0.25, 0.3) is 0 Å². The van der Waals surface area contributed by atoms with E-state index in [1.165, 1.54) is 0 Å². The second-order valence-corrected chi connectivity index (χ2v) is 5.37. The third-order valence-corrected chi connectivity index (χ3v) is 3.44. The van der Waals surface area contributed by atoms with Gasteiger partial charge in [-0.2, -0.15) is 0 Å². The zero-order valence-electron chi connectivity index (χ0n) is 10.6. The highest BCUT2D eigenvalue weighted by Crippen LogP contribution is 2.25. The predicted octanol–water partition coefficient (Wildman–Crippen LogP) is 4.51. The van der Waals surface area contributed by atoms with Gasteiger partial charge in [-0.05, 0) is 46.3 Å². The number of benzene rings is 2. The van der Waals surface area contributed by atoms with Crippen molar-refractivity contribution < 1.29 is 9.53 Å². The van der Waals surface area contributed by atoms with E-state index in [0.29, 0.717) is 17.3 Å². The molecule has 0 saturated heterocycles. The molecule has 3 nitrogen and oxygen atoms in total. The molecule has 0 aliphatic rings. The van der Waals surface area contributed by atoms with Crippen molar-refractivity contribution >= 4 is 39.1 Å². The summed E-state index contributed by atoms with van der Waals surface area (Å²) in [6.07, 6.45) is 0.282. The molecule has 0 aromatic heterocycles. The summed E-state index contributed by atoms with van der Waals surface area (Å²) in [5.41, 5.74) is 0.694. The van der Waals surface area contributed by atoms with Gasteiger partial charge in [-0.3, -0.25) is 4.79 Å². The maximum atomic E-state index is 11.8. The molecule has 0 heterocycles. The summed E-state index contributed by atoms with van der Waals surface area (Å²) < 4.78 is 6.22. The van der Waals surface area contributed by atoms with Crippen LogP contribution in [0.25, 0.3) is 0 Å². The van der Waals surface area contributed by atoms with Crippen molar-refractivity contribution in [3.63, 3.8) is 0 Å². The van der Waals surface area contributed by atoms with Gasteiger partial charge in [-0.15, -0.1) is 0 Å². The highest BCUT2D eigenvalue weighted by atomic mass is 79.9. The zero-order valence-corrected chi connectivity index (χ0v) is 12.9. The van der Waals surface area contributed by atoms with Crippen LogP contribution in [0.5, 0.6) is 5.75 Å². The van der Waals surface area contributed by atoms with E-state index in [1.54, 1.807) is 18.2 Å². The van der Waals surface area contributed by atoms with Gasteiger partial charge in [-0.25, -0.2) is 0 Å². The fraction of sp³-hybridized carbons (Fsp3) is 0.133. The van der Waals surface area contributed by atoms with Crippen LogP contribution in [-0.4, -0.2) is 12.5 Å². The van der Waals surface area contributed by atoms with E-state index in [1.807, 2.05) is 30.3 Å². The highest BCUT2D eigenvalue weighted by Gasteiger charge is 2.06. The predicted molar refractivity (Wildman–Crippen MR) is 84.3 cm³/mol. The summed E-state index contributed by atoms with van der Waals surface area (Å²) in [5, 5.41) is 3.41. The van der Waals surface area contributed by atoms with Gasteiger partial charge in [0.15, 0.2) is 0 Å². The summed E-state index contributed by atoms with van der Waals surface area (Å²) in [7, 11) is 0. The lowest BCUT2D eigenvalue weighted by Crippen LogP contribution is -2.15. The highest BCUT2D eigenvalue weighted by molar-refractivity contribution is 9.10. The van der Waals surface area contributed by atoms with E-state index in [2.05, 4.69) is 21.2 Å². The van der Waals surface area contributed by atoms with Crippen LogP contribution in [0.1, 0.15) is 6.42 Å². The summed E-state index contributed by atoms with van der Waals surface area (Å²) in [4.78, 5) is 11.8. The summed E-state index contributed by atoms with van der Waals surface area (Å²) in [6, 6.07) is 14.6. The van der Waals surface area contributed by atoms with Gasteiger partial charge in [0, 0.05) is 9.50 Å². The molecule has 104 valence electrons. The Morgan fingerprint density at radius 3 is 2.65 bits per heavy atom. The molecular formula is C15H13BrClNO2. The SMILES string of the molecule is O=C(CCOc1ccccc1)Nc1ccc(Cl)cc1Br. The van der Waals surface area contributed by atoms with Crippen molar-refractivity contribution in [1.82, 2.24) is 0 Å². The van der Waals surface area contributed by atoms with Crippen molar-refractivity contribution in [3.05, 3.63) is 58.0 Å². The molecule has 0 radical (unpaired) electrons. The monoisotopic (exact) mass is 353 g/mol. The number of anilines is 1. The average molecular weight is 355 g/mol. The Hall–Kier alpha value is -1.52. The molecule has 0 unspecified atom stereocenters. The van der Waals surface area contributed by atoms with Crippen LogP contribution < -0.4 is 10.1 Å². The molecular weight excluding hydrogens is 342 g/mol. The van der Waals surface area contributed by atoms with Crippen LogP contribution in [0.4, 0.5) is 5.69 Å². The molecule has 0 aliphatic heterocycles. The van der Waals surface area contributed by atoms with E-state index in [-0.39, 0.29) is 12.3 Å². The largest absolute Gasteiger partial charge is 0.493 e. The summed E-state index contributed by atoms with van der Waals surface area (Å²) in [6.45, 7) is 0.334. The topological polar surface area (TPSA) is 38.3 Å². The molecule has 2 aromatic carbocycles. The number of amides is 1. The second kappa shape index (κ2) is 7.31. The molecule has 0 fully saturated rings. The van der Waals surface area contributed by atoms with E-state index in [9.17, 15) is 4.79 Å². The average Bonchev–Trinajstić information content (AvgIpc) is 2.43. The van der Waals surface area contributed by atoms with E-state index < -0.39 is 0 Å². The third kappa shape index (κ3) is 4.54. The quantitative estimate of drug-likeness (QED) is 0.858. The zero-order chi connectivity index (χ0) is 14.4. The van der Waals surface area contributed by atoms with Crippen LogP contribution in [0, 0.1) is 0 Å². The first-order valence-corrected chi connectivity index (χ1v) is 7.25. The number of halogens is 2. The number of hydrogen-bond donors (Lipinski definition) is 1. The molecule has 5 heteroatoms. The van der Waals surface area contributed by atoms with Gasteiger partial charge in [-0.1, -0.05) is 29.8 Å². The minimum Gasteiger partial charge on any atom is -0.493 e. The van der Waals surface area contributed by atoms with Gasteiger partial charge in [0.2, 0.25) is 5.91 Å². The van der Waals surface area contributed by atoms with Crippen LogP contribution in [0.15, 0.2) is 53.0 Å². The molecule has 0 aliphatic carbocycles. The molecule has 0 bridgehead atoms. The standard InChI is InChI=1S/C15H13BrClNO2/c16-13-10-11(17)6-7-14(13)18-15(19)8-9-20-12-4-2-1-3-5-12/h1-7,10H,8-9H2,(H,18,19). The lowest BCUT2D eigenvalue weighted by atomic mass is 10.3. The lowest BCUT2D eigenvalue weighted by Gasteiger charge is -2.08. The molecule has 2 rings (SSSR count). The normalized spacial score (nSPS) is 10.1. The second-order valence-electron chi connectivity index (χ2n) is 4.08. The maximum absolute atomic E-state index is 11.8. The van der Waals surface area contributed by atoms with E-state index in [0.717, 1.165) is 10.2 Å². The van der Waals surface area contributed by atoms with Gasteiger partial charge < -0.3 is 10.1 Å². The van der Waals surface area contributed by atoms with Crippen LogP contribution in [0.3, 0.4) is 0 Å². The number of nitrogens with one attached hydrogen (secondary N) is 1. The van der Waals surface area contributed by atoms with Gasteiger partial charge in [0.1, 0.15) is 5.75 Å². The van der Waals surface area contributed by atoms with E-state index in [4.69, 9.17) is 16.3 Å². The Morgan fingerprint density at radius 2 is 1.95 bits per heavy atom. The van der Waals surface area contributed by atoms with E-state index >= 15 is 0 Å².